The lowest BCUT2D eigenvalue weighted by Gasteiger charge is -2.13. The number of hydrogen-bond acceptors (Lipinski definition) is 5. The van der Waals surface area contributed by atoms with Crippen molar-refractivity contribution in [1.82, 2.24) is 4.72 Å². The lowest BCUT2D eigenvalue weighted by Crippen LogP contribution is -2.28. The summed E-state index contributed by atoms with van der Waals surface area (Å²) in [5, 5.41) is 11.3. The van der Waals surface area contributed by atoms with Crippen molar-refractivity contribution in [1.29, 1.82) is 0 Å². The number of benzene rings is 2. The Morgan fingerprint density at radius 1 is 1.07 bits per heavy atom. The minimum atomic E-state index is -3.71. The molecule has 2 aromatic carbocycles. The van der Waals surface area contributed by atoms with E-state index in [1.807, 2.05) is 30.3 Å². The minimum absolute atomic E-state index is 0.0747. The molecule has 9 heteroatoms. The van der Waals surface area contributed by atoms with Crippen molar-refractivity contribution in [3.8, 4) is 0 Å². The average Bonchev–Trinajstić information content (AvgIpc) is 2.65. The highest BCUT2D eigenvalue weighted by Crippen LogP contribution is 2.18. The fourth-order valence-corrected chi connectivity index (χ4v) is 4.55. The molecule has 1 amide bonds. The third-order valence-electron chi connectivity index (χ3n) is 3.74. The SMILES string of the molecule is CC(=O)Nc1ccc(S(=O)(=O)NCCSC(Cc2ccccc2)C(=O)O)cc1. The van der Waals surface area contributed by atoms with Crippen LogP contribution < -0.4 is 10.0 Å². The Bertz CT molecular complexity index is 900. The Balaban J connectivity index is 1.86. The van der Waals surface area contributed by atoms with E-state index < -0.39 is 21.2 Å². The summed E-state index contributed by atoms with van der Waals surface area (Å²) in [5.41, 5.74) is 1.43. The molecule has 0 fully saturated rings. The Labute approximate surface area is 168 Å². The molecule has 0 heterocycles. The van der Waals surface area contributed by atoms with Crippen LogP contribution in [0.3, 0.4) is 0 Å². The predicted molar refractivity (Wildman–Crippen MR) is 110 cm³/mol. The van der Waals surface area contributed by atoms with Gasteiger partial charge in [0.25, 0.3) is 0 Å². The molecule has 0 bridgehead atoms. The standard InChI is InChI=1S/C19H22N2O5S2/c1-14(22)21-16-7-9-17(10-8-16)28(25,26)20-11-12-27-18(19(23)24)13-15-5-3-2-4-6-15/h2-10,18,20H,11-13H2,1H3,(H,21,22)(H,23,24). The van der Waals surface area contributed by atoms with E-state index in [1.54, 1.807) is 0 Å². The summed E-state index contributed by atoms with van der Waals surface area (Å²) >= 11 is 1.20. The number of thioether (sulfide) groups is 1. The zero-order chi connectivity index (χ0) is 20.6. The van der Waals surface area contributed by atoms with Gasteiger partial charge in [-0.15, -0.1) is 11.8 Å². The van der Waals surface area contributed by atoms with Gasteiger partial charge in [0.15, 0.2) is 0 Å². The zero-order valence-corrected chi connectivity index (χ0v) is 16.9. The van der Waals surface area contributed by atoms with Crippen LogP contribution in [0.15, 0.2) is 59.5 Å². The van der Waals surface area contributed by atoms with Crippen molar-refractivity contribution in [2.45, 2.75) is 23.5 Å². The van der Waals surface area contributed by atoms with E-state index in [0.29, 0.717) is 17.9 Å². The van der Waals surface area contributed by atoms with Crippen molar-refractivity contribution in [3.05, 3.63) is 60.2 Å². The smallest absolute Gasteiger partial charge is 0.316 e. The van der Waals surface area contributed by atoms with Gasteiger partial charge >= 0.3 is 5.97 Å². The number of carbonyl (C=O) groups excluding carboxylic acids is 1. The topological polar surface area (TPSA) is 113 Å². The van der Waals surface area contributed by atoms with Crippen LogP contribution in [-0.2, 0) is 26.0 Å². The van der Waals surface area contributed by atoms with E-state index >= 15 is 0 Å². The third-order valence-corrected chi connectivity index (χ3v) is 6.42. The van der Waals surface area contributed by atoms with Crippen molar-refractivity contribution < 1.29 is 23.1 Å². The van der Waals surface area contributed by atoms with Crippen LogP contribution in [-0.4, -0.2) is 42.9 Å². The maximum atomic E-state index is 12.3. The van der Waals surface area contributed by atoms with Crippen LogP contribution in [0.4, 0.5) is 5.69 Å². The number of carbonyl (C=O) groups is 2. The molecule has 150 valence electrons. The van der Waals surface area contributed by atoms with Gasteiger partial charge in [-0.1, -0.05) is 30.3 Å². The molecule has 0 aromatic heterocycles. The number of hydrogen-bond donors (Lipinski definition) is 3. The van der Waals surface area contributed by atoms with Crippen LogP contribution in [0, 0.1) is 0 Å². The van der Waals surface area contributed by atoms with Gasteiger partial charge in [0, 0.05) is 24.9 Å². The summed E-state index contributed by atoms with van der Waals surface area (Å²) in [5.74, 6) is -0.841. The number of nitrogens with one attached hydrogen (secondary N) is 2. The number of anilines is 1. The van der Waals surface area contributed by atoms with E-state index in [-0.39, 0.29) is 17.3 Å². The maximum absolute atomic E-state index is 12.3. The molecule has 0 aliphatic carbocycles. The average molecular weight is 423 g/mol. The molecular weight excluding hydrogens is 400 g/mol. The summed E-state index contributed by atoms with van der Waals surface area (Å²) in [7, 11) is -3.71. The number of sulfonamides is 1. The molecule has 3 N–H and O–H groups in total. The number of aliphatic carboxylic acids is 1. The van der Waals surface area contributed by atoms with E-state index in [4.69, 9.17) is 0 Å². The molecule has 0 spiro atoms. The Morgan fingerprint density at radius 3 is 2.29 bits per heavy atom. The second-order valence-corrected chi connectivity index (χ2v) is 9.07. The molecule has 1 unspecified atom stereocenters. The van der Waals surface area contributed by atoms with Crippen molar-refractivity contribution in [2.24, 2.45) is 0 Å². The second kappa shape index (κ2) is 10.3. The molecule has 0 saturated carbocycles. The number of carboxylic acids is 1. The lowest BCUT2D eigenvalue weighted by molar-refractivity contribution is -0.136. The zero-order valence-electron chi connectivity index (χ0n) is 15.3. The summed E-state index contributed by atoms with van der Waals surface area (Å²) in [6, 6.07) is 15.1. The first-order chi connectivity index (χ1) is 13.3. The highest BCUT2D eigenvalue weighted by atomic mass is 32.2. The fourth-order valence-electron chi connectivity index (χ4n) is 2.43. The molecule has 0 saturated heterocycles. The first kappa shape index (κ1) is 21.9. The summed E-state index contributed by atoms with van der Waals surface area (Å²) in [4.78, 5) is 22.5. The first-order valence-electron chi connectivity index (χ1n) is 8.53. The van der Waals surface area contributed by atoms with Gasteiger partial charge in [0.05, 0.1) is 4.90 Å². The highest BCUT2D eigenvalue weighted by molar-refractivity contribution is 8.00. The largest absolute Gasteiger partial charge is 0.480 e. The predicted octanol–water partition coefficient (Wildman–Crippen LogP) is 2.35. The lowest BCUT2D eigenvalue weighted by atomic mass is 10.1. The maximum Gasteiger partial charge on any atom is 0.316 e. The van der Waals surface area contributed by atoms with Gasteiger partial charge in [-0.3, -0.25) is 9.59 Å². The van der Waals surface area contributed by atoms with E-state index in [0.717, 1.165) is 5.56 Å². The molecule has 0 radical (unpaired) electrons. The Morgan fingerprint density at radius 2 is 1.71 bits per heavy atom. The minimum Gasteiger partial charge on any atom is -0.480 e. The highest BCUT2D eigenvalue weighted by Gasteiger charge is 2.19. The quantitative estimate of drug-likeness (QED) is 0.507. The monoisotopic (exact) mass is 422 g/mol. The molecule has 2 aromatic rings. The normalized spacial score (nSPS) is 12.3. The first-order valence-corrected chi connectivity index (χ1v) is 11.1. The van der Waals surface area contributed by atoms with Crippen LogP contribution in [0.1, 0.15) is 12.5 Å². The van der Waals surface area contributed by atoms with Gasteiger partial charge in [0.2, 0.25) is 15.9 Å². The van der Waals surface area contributed by atoms with Crippen molar-refractivity contribution in [2.75, 3.05) is 17.6 Å². The Kier molecular flexibility index (Phi) is 8.04. The number of carboxylic acid groups (broad SMARTS) is 1. The summed E-state index contributed by atoms with van der Waals surface area (Å²) in [6.07, 6.45) is 0.373. The van der Waals surface area contributed by atoms with Gasteiger partial charge in [-0.25, -0.2) is 13.1 Å². The van der Waals surface area contributed by atoms with E-state index in [9.17, 15) is 23.1 Å². The van der Waals surface area contributed by atoms with Crippen LogP contribution >= 0.6 is 11.8 Å². The van der Waals surface area contributed by atoms with Crippen LogP contribution in [0.25, 0.3) is 0 Å². The molecule has 0 aliphatic heterocycles. The van der Waals surface area contributed by atoms with Gasteiger partial charge in [-0.2, -0.15) is 0 Å². The molecule has 2 rings (SSSR count). The summed E-state index contributed by atoms with van der Waals surface area (Å²) < 4.78 is 27.1. The molecule has 0 aliphatic rings. The molecule has 1 atom stereocenters. The molecule has 28 heavy (non-hydrogen) atoms. The van der Waals surface area contributed by atoms with Gasteiger partial charge < -0.3 is 10.4 Å². The molecule has 7 nitrogen and oxygen atoms in total. The van der Waals surface area contributed by atoms with E-state index in [2.05, 4.69) is 10.0 Å². The van der Waals surface area contributed by atoms with Gasteiger partial charge in [-0.05, 0) is 36.2 Å². The number of rotatable bonds is 10. The van der Waals surface area contributed by atoms with Crippen LogP contribution in [0.5, 0.6) is 0 Å². The third kappa shape index (κ3) is 6.99. The summed E-state index contributed by atoms with van der Waals surface area (Å²) in [6.45, 7) is 1.48. The molecular formula is C19H22N2O5S2. The van der Waals surface area contributed by atoms with E-state index in [1.165, 1.54) is 43.0 Å². The van der Waals surface area contributed by atoms with Crippen molar-refractivity contribution >= 4 is 39.3 Å². The Hall–Kier alpha value is -2.36. The second-order valence-electron chi connectivity index (χ2n) is 5.99. The van der Waals surface area contributed by atoms with Crippen molar-refractivity contribution in [3.63, 3.8) is 0 Å². The number of amides is 1. The van der Waals surface area contributed by atoms with Crippen LogP contribution in [0.2, 0.25) is 0 Å². The fraction of sp³-hybridized carbons (Fsp3) is 0.263. The van der Waals surface area contributed by atoms with Gasteiger partial charge in [0.1, 0.15) is 5.25 Å².